The number of aromatic nitrogens is 2. The second-order valence-electron chi connectivity index (χ2n) is 8.16. The molecule has 0 bridgehead atoms. The zero-order chi connectivity index (χ0) is 22.2. The van der Waals surface area contributed by atoms with Gasteiger partial charge in [0, 0.05) is 11.5 Å². The molecule has 170 valence electrons. The van der Waals surface area contributed by atoms with E-state index in [-0.39, 0.29) is 17.4 Å². The Morgan fingerprint density at radius 2 is 2.19 bits per heavy atom. The smallest absolute Gasteiger partial charge is 0.376 e. The molecular formula is C20H24F3N3O3S2. The summed E-state index contributed by atoms with van der Waals surface area (Å²) in [5.74, 6) is -0.442. The molecule has 11 heteroatoms. The van der Waals surface area contributed by atoms with Crippen LogP contribution in [-0.2, 0) is 28.9 Å². The van der Waals surface area contributed by atoms with Gasteiger partial charge in [-0.3, -0.25) is 14.2 Å². The van der Waals surface area contributed by atoms with Crippen molar-refractivity contribution in [2.75, 3.05) is 18.9 Å². The maximum atomic E-state index is 13.5. The molecule has 6 nitrogen and oxygen atoms in total. The topological polar surface area (TPSA) is 73.2 Å². The quantitative estimate of drug-likeness (QED) is 0.511. The third-order valence-electron chi connectivity index (χ3n) is 5.61. The van der Waals surface area contributed by atoms with Crippen LogP contribution in [0.15, 0.2) is 9.95 Å². The molecule has 2 aromatic rings. The summed E-state index contributed by atoms with van der Waals surface area (Å²) in [6.07, 6.45) is -0.0242. The minimum Gasteiger partial charge on any atom is -0.376 e. The number of halogens is 3. The van der Waals surface area contributed by atoms with E-state index in [4.69, 9.17) is 4.74 Å². The fourth-order valence-electron chi connectivity index (χ4n) is 4.05. The minimum absolute atomic E-state index is 0.107. The molecule has 3 heterocycles. The van der Waals surface area contributed by atoms with Crippen molar-refractivity contribution < 1.29 is 22.7 Å². The molecule has 2 atom stereocenters. The SMILES string of the molecule is CC1CCc2c(sc3nc(SCC(=O)NCC(F)(F)F)n(CC4CCCO4)c(=O)c23)C1. The van der Waals surface area contributed by atoms with Crippen molar-refractivity contribution in [3.63, 3.8) is 0 Å². The molecule has 2 aromatic heterocycles. The normalized spacial score (nSPS) is 21.4. The number of rotatable bonds is 6. The van der Waals surface area contributed by atoms with Crippen LogP contribution in [0.1, 0.15) is 36.6 Å². The highest BCUT2D eigenvalue weighted by atomic mass is 32.2. The molecular weight excluding hydrogens is 451 g/mol. The number of aryl methyl sites for hydroxylation is 1. The fraction of sp³-hybridized carbons (Fsp3) is 0.650. The van der Waals surface area contributed by atoms with E-state index in [2.05, 4.69) is 11.9 Å². The Labute approximate surface area is 185 Å². The van der Waals surface area contributed by atoms with E-state index in [0.29, 0.717) is 34.4 Å². The number of nitrogens with zero attached hydrogens (tertiary/aromatic N) is 2. The third-order valence-corrected chi connectivity index (χ3v) is 7.73. The monoisotopic (exact) mass is 475 g/mol. The second-order valence-corrected chi connectivity index (χ2v) is 10.2. The summed E-state index contributed by atoms with van der Waals surface area (Å²) < 4.78 is 44.3. The molecule has 2 unspecified atom stereocenters. The lowest BCUT2D eigenvalue weighted by atomic mass is 9.89. The number of carbonyl (C=O) groups is 1. The third kappa shape index (κ3) is 5.25. The van der Waals surface area contributed by atoms with Crippen LogP contribution in [0, 0.1) is 5.92 Å². The summed E-state index contributed by atoms with van der Waals surface area (Å²) in [6.45, 7) is 1.78. The van der Waals surface area contributed by atoms with Gasteiger partial charge in [0.1, 0.15) is 11.4 Å². The van der Waals surface area contributed by atoms with Crippen LogP contribution >= 0.6 is 23.1 Å². The zero-order valence-corrected chi connectivity index (χ0v) is 18.7. The van der Waals surface area contributed by atoms with E-state index in [1.54, 1.807) is 4.57 Å². The van der Waals surface area contributed by atoms with Crippen molar-refractivity contribution in [1.29, 1.82) is 0 Å². The van der Waals surface area contributed by atoms with Gasteiger partial charge in [-0.1, -0.05) is 18.7 Å². The number of amides is 1. The van der Waals surface area contributed by atoms with Crippen LogP contribution in [0.5, 0.6) is 0 Å². The van der Waals surface area contributed by atoms with Gasteiger partial charge in [0.05, 0.1) is 23.8 Å². The number of thiophene rings is 1. The lowest BCUT2D eigenvalue weighted by Crippen LogP contribution is -2.35. The Kier molecular flexibility index (Phi) is 6.64. The van der Waals surface area contributed by atoms with Gasteiger partial charge >= 0.3 is 6.18 Å². The molecule has 2 aliphatic rings. The first kappa shape index (κ1) is 22.6. The number of thioether (sulfide) groups is 1. The highest BCUT2D eigenvalue weighted by molar-refractivity contribution is 7.99. The van der Waals surface area contributed by atoms with Crippen LogP contribution in [0.25, 0.3) is 10.2 Å². The molecule has 1 N–H and O–H groups in total. The van der Waals surface area contributed by atoms with Crippen molar-refractivity contribution in [2.45, 2.75) is 63.0 Å². The van der Waals surface area contributed by atoms with Crippen molar-refractivity contribution in [3.8, 4) is 0 Å². The van der Waals surface area contributed by atoms with E-state index in [1.165, 1.54) is 16.2 Å². The number of fused-ring (bicyclic) bond motifs is 3. The average molecular weight is 476 g/mol. The predicted molar refractivity (Wildman–Crippen MR) is 114 cm³/mol. The number of hydrogen-bond donors (Lipinski definition) is 1. The molecule has 4 rings (SSSR count). The molecule has 1 amide bonds. The van der Waals surface area contributed by atoms with Crippen LogP contribution in [0.2, 0.25) is 0 Å². The summed E-state index contributed by atoms with van der Waals surface area (Å²) in [5, 5.41) is 2.86. The molecule has 31 heavy (non-hydrogen) atoms. The van der Waals surface area contributed by atoms with Crippen LogP contribution in [0.3, 0.4) is 0 Å². The Morgan fingerprint density at radius 3 is 2.90 bits per heavy atom. The summed E-state index contributed by atoms with van der Waals surface area (Å²) in [6, 6.07) is 0. The van der Waals surface area contributed by atoms with E-state index in [1.807, 2.05) is 5.32 Å². The maximum Gasteiger partial charge on any atom is 0.405 e. The van der Waals surface area contributed by atoms with E-state index < -0.39 is 18.6 Å². The molecule has 1 aliphatic carbocycles. The van der Waals surface area contributed by atoms with E-state index >= 15 is 0 Å². The molecule has 1 saturated heterocycles. The molecule has 0 spiro atoms. The number of nitrogens with one attached hydrogen (secondary N) is 1. The van der Waals surface area contributed by atoms with Gasteiger partial charge in [0.2, 0.25) is 5.91 Å². The molecule has 0 radical (unpaired) electrons. The Balaban J connectivity index is 1.64. The van der Waals surface area contributed by atoms with Crippen molar-refractivity contribution in [2.24, 2.45) is 5.92 Å². The molecule has 0 aromatic carbocycles. The largest absolute Gasteiger partial charge is 0.405 e. The lowest BCUT2D eigenvalue weighted by molar-refractivity contribution is -0.136. The van der Waals surface area contributed by atoms with Crippen LogP contribution < -0.4 is 10.9 Å². The van der Waals surface area contributed by atoms with Gasteiger partial charge in [-0.05, 0) is 43.6 Å². The number of carbonyl (C=O) groups excluding carboxylic acids is 1. The zero-order valence-electron chi connectivity index (χ0n) is 17.1. The van der Waals surface area contributed by atoms with Gasteiger partial charge in [0.15, 0.2) is 5.16 Å². The van der Waals surface area contributed by atoms with Gasteiger partial charge in [-0.25, -0.2) is 4.98 Å². The minimum atomic E-state index is -4.47. The predicted octanol–water partition coefficient (Wildman–Crippen LogP) is 3.53. The van der Waals surface area contributed by atoms with Gasteiger partial charge in [-0.15, -0.1) is 11.3 Å². The first-order chi connectivity index (χ1) is 14.7. The Bertz CT molecular complexity index is 1030. The molecule has 1 fully saturated rings. The Morgan fingerprint density at radius 1 is 1.39 bits per heavy atom. The van der Waals surface area contributed by atoms with E-state index in [0.717, 1.165) is 49.4 Å². The second kappa shape index (κ2) is 9.11. The first-order valence-corrected chi connectivity index (χ1v) is 12.1. The molecule has 0 saturated carbocycles. The van der Waals surface area contributed by atoms with E-state index in [9.17, 15) is 22.8 Å². The van der Waals surface area contributed by atoms with Gasteiger partial charge < -0.3 is 10.1 Å². The lowest BCUT2D eigenvalue weighted by Gasteiger charge is -2.18. The Hall–Kier alpha value is -1.59. The number of alkyl halides is 3. The van der Waals surface area contributed by atoms with Gasteiger partial charge in [0.25, 0.3) is 5.56 Å². The fourth-order valence-corrected chi connectivity index (χ4v) is 6.31. The maximum absolute atomic E-state index is 13.5. The number of hydrogen-bond acceptors (Lipinski definition) is 6. The average Bonchev–Trinajstić information content (AvgIpc) is 3.33. The van der Waals surface area contributed by atoms with Crippen molar-refractivity contribution in [3.05, 3.63) is 20.8 Å². The van der Waals surface area contributed by atoms with Crippen LogP contribution in [-0.4, -0.2) is 46.6 Å². The highest BCUT2D eigenvalue weighted by Crippen LogP contribution is 2.36. The summed E-state index contributed by atoms with van der Waals surface area (Å²) in [4.78, 5) is 31.9. The van der Waals surface area contributed by atoms with Crippen molar-refractivity contribution >= 4 is 39.2 Å². The molecule has 1 aliphatic heterocycles. The van der Waals surface area contributed by atoms with Crippen molar-refractivity contribution in [1.82, 2.24) is 14.9 Å². The summed E-state index contributed by atoms with van der Waals surface area (Å²) in [7, 11) is 0. The standard InChI is InChI=1S/C20H24F3N3O3S2/c1-11-4-5-13-14(7-11)31-17-16(13)18(28)26(8-12-3-2-6-29-12)19(25-17)30-9-15(27)24-10-20(21,22)23/h11-12H,2-10H2,1H3,(H,24,27). The van der Waals surface area contributed by atoms with Gasteiger partial charge in [-0.2, -0.15) is 13.2 Å². The van der Waals surface area contributed by atoms with Crippen LogP contribution in [0.4, 0.5) is 13.2 Å². The number of ether oxygens (including phenoxy) is 1. The first-order valence-electron chi connectivity index (χ1n) is 10.3. The summed E-state index contributed by atoms with van der Waals surface area (Å²) in [5.41, 5.74) is 0.932. The highest BCUT2D eigenvalue weighted by Gasteiger charge is 2.29. The summed E-state index contributed by atoms with van der Waals surface area (Å²) >= 11 is 2.50.